The van der Waals surface area contributed by atoms with Gasteiger partial charge in [0.2, 0.25) is 17.6 Å². The number of hydrogen-bond acceptors (Lipinski definition) is 8. The van der Waals surface area contributed by atoms with E-state index in [9.17, 15) is 13.6 Å². The van der Waals surface area contributed by atoms with Crippen molar-refractivity contribution in [1.82, 2.24) is 20.2 Å². The molecule has 9 nitrogen and oxygen atoms in total. The molecule has 148 valence electrons. The fourth-order valence-corrected chi connectivity index (χ4v) is 2.42. The van der Waals surface area contributed by atoms with Gasteiger partial charge < -0.3 is 19.1 Å². The number of rotatable bonds is 8. The van der Waals surface area contributed by atoms with Gasteiger partial charge in [0, 0.05) is 6.07 Å². The van der Waals surface area contributed by atoms with E-state index in [0.717, 1.165) is 0 Å². The minimum absolute atomic E-state index is 0.0364. The van der Waals surface area contributed by atoms with Gasteiger partial charge in [-0.05, 0) is 26.1 Å². The second-order valence-electron chi connectivity index (χ2n) is 5.93. The third-order valence-corrected chi connectivity index (χ3v) is 3.53. The number of anilines is 1. The van der Waals surface area contributed by atoms with Crippen molar-refractivity contribution in [2.75, 3.05) is 18.9 Å². The number of benzene rings is 1. The highest BCUT2D eigenvalue weighted by molar-refractivity contribution is 5.91. The zero-order valence-corrected chi connectivity index (χ0v) is 15.1. The quantitative estimate of drug-likeness (QED) is 0.623. The Morgan fingerprint density at radius 2 is 2.07 bits per heavy atom. The van der Waals surface area contributed by atoms with Crippen molar-refractivity contribution in [3.05, 3.63) is 42.0 Å². The van der Waals surface area contributed by atoms with Gasteiger partial charge in [-0.3, -0.25) is 9.69 Å². The van der Waals surface area contributed by atoms with Crippen LogP contribution in [0.15, 0.2) is 39.4 Å². The third kappa shape index (κ3) is 5.10. The maximum atomic E-state index is 12.5. The van der Waals surface area contributed by atoms with Gasteiger partial charge in [-0.25, -0.2) is 0 Å². The minimum atomic E-state index is -2.97. The number of nitrogens with zero attached hydrogens (tertiary/aromatic N) is 4. The predicted octanol–water partition coefficient (Wildman–Crippen LogP) is 2.70. The Morgan fingerprint density at radius 1 is 1.29 bits per heavy atom. The molecule has 0 saturated heterocycles. The summed E-state index contributed by atoms with van der Waals surface area (Å²) in [5.74, 6) is 0.882. The van der Waals surface area contributed by atoms with Gasteiger partial charge >= 0.3 is 6.61 Å². The Bertz CT molecular complexity index is 943. The zero-order chi connectivity index (χ0) is 20.1. The molecule has 1 amide bonds. The molecular weight excluding hydrogens is 376 g/mol. The van der Waals surface area contributed by atoms with E-state index >= 15 is 0 Å². The van der Waals surface area contributed by atoms with Crippen LogP contribution in [0.2, 0.25) is 0 Å². The van der Waals surface area contributed by atoms with Gasteiger partial charge in [-0.1, -0.05) is 22.4 Å². The molecule has 11 heteroatoms. The number of para-hydroxylation sites is 1. The van der Waals surface area contributed by atoms with E-state index in [1.807, 2.05) is 0 Å². The standard InChI is InChI=1S/C17H17F2N5O4/c1-10-7-13(22-27-10)20-14(25)8-24(2)9-15-21-16(23-28-15)11-5-3-4-6-12(11)26-17(18)19/h3-7,17H,8-9H2,1-2H3,(H,20,22,25). The highest BCUT2D eigenvalue weighted by Crippen LogP contribution is 2.28. The Hall–Kier alpha value is -3.34. The summed E-state index contributed by atoms with van der Waals surface area (Å²) in [5, 5.41) is 10.1. The molecule has 0 bridgehead atoms. The average molecular weight is 393 g/mol. The summed E-state index contributed by atoms with van der Waals surface area (Å²) in [6, 6.07) is 7.74. The Balaban J connectivity index is 1.60. The minimum Gasteiger partial charge on any atom is -0.434 e. The van der Waals surface area contributed by atoms with E-state index in [4.69, 9.17) is 9.05 Å². The van der Waals surface area contributed by atoms with E-state index in [1.54, 1.807) is 43.1 Å². The molecule has 1 N–H and O–H groups in total. The molecule has 0 fully saturated rings. The number of amides is 1. The molecule has 3 aromatic rings. The maximum Gasteiger partial charge on any atom is 0.387 e. The molecule has 3 rings (SSSR count). The van der Waals surface area contributed by atoms with Crippen LogP contribution >= 0.6 is 0 Å². The number of aryl methyl sites for hydroxylation is 1. The molecule has 1 aromatic carbocycles. The lowest BCUT2D eigenvalue weighted by molar-refractivity contribution is -0.117. The number of likely N-dealkylation sites (N-methyl/N-ethyl adjacent to an activating group) is 1. The van der Waals surface area contributed by atoms with E-state index in [-0.39, 0.29) is 42.0 Å². The first kappa shape index (κ1) is 19.4. The second-order valence-corrected chi connectivity index (χ2v) is 5.93. The molecule has 2 aromatic heterocycles. The fraction of sp³-hybridized carbons (Fsp3) is 0.294. The van der Waals surface area contributed by atoms with Crippen molar-refractivity contribution in [2.45, 2.75) is 20.1 Å². The van der Waals surface area contributed by atoms with Crippen LogP contribution in [0.3, 0.4) is 0 Å². The molecule has 2 heterocycles. The zero-order valence-electron chi connectivity index (χ0n) is 15.1. The van der Waals surface area contributed by atoms with E-state index < -0.39 is 6.61 Å². The van der Waals surface area contributed by atoms with E-state index in [0.29, 0.717) is 11.6 Å². The lowest BCUT2D eigenvalue weighted by atomic mass is 10.2. The monoisotopic (exact) mass is 393 g/mol. The van der Waals surface area contributed by atoms with Crippen molar-refractivity contribution < 1.29 is 27.4 Å². The highest BCUT2D eigenvalue weighted by Gasteiger charge is 2.17. The van der Waals surface area contributed by atoms with Crippen molar-refractivity contribution in [3.8, 4) is 17.1 Å². The summed E-state index contributed by atoms with van der Waals surface area (Å²) >= 11 is 0. The Morgan fingerprint density at radius 3 is 2.79 bits per heavy atom. The van der Waals surface area contributed by atoms with Crippen LogP contribution in [0.4, 0.5) is 14.6 Å². The van der Waals surface area contributed by atoms with Crippen LogP contribution in [-0.2, 0) is 11.3 Å². The first-order valence-corrected chi connectivity index (χ1v) is 8.19. The van der Waals surface area contributed by atoms with Crippen molar-refractivity contribution >= 4 is 11.7 Å². The molecule has 0 unspecified atom stereocenters. The lowest BCUT2D eigenvalue weighted by Gasteiger charge is -2.12. The highest BCUT2D eigenvalue weighted by atomic mass is 19.3. The van der Waals surface area contributed by atoms with Crippen molar-refractivity contribution in [2.24, 2.45) is 0 Å². The number of ether oxygens (including phenoxy) is 1. The molecule has 0 spiro atoms. The molecule has 0 aliphatic rings. The lowest BCUT2D eigenvalue weighted by Crippen LogP contribution is -2.30. The molecule has 0 aliphatic heterocycles. The molecular formula is C17H17F2N5O4. The average Bonchev–Trinajstić information content (AvgIpc) is 3.23. The second kappa shape index (κ2) is 8.57. The molecule has 0 atom stereocenters. The van der Waals surface area contributed by atoms with Gasteiger partial charge in [0.25, 0.3) is 0 Å². The number of carbonyl (C=O) groups excluding carboxylic acids is 1. The Kier molecular flexibility index (Phi) is 5.94. The van der Waals surface area contributed by atoms with Crippen LogP contribution < -0.4 is 10.1 Å². The summed E-state index contributed by atoms with van der Waals surface area (Å²) in [5.41, 5.74) is 0.277. The first-order chi connectivity index (χ1) is 13.4. The number of alkyl halides is 2. The maximum absolute atomic E-state index is 12.5. The van der Waals surface area contributed by atoms with Crippen molar-refractivity contribution in [1.29, 1.82) is 0 Å². The summed E-state index contributed by atoms with van der Waals surface area (Å²) < 4.78 is 39.6. The van der Waals surface area contributed by atoms with Crippen LogP contribution in [0.1, 0.15) is 11.7 Å². The fourth-order valence-electron chi connectivity index (χ4n) is 2.42. The topological polar surface area (TPSA) is 107 Å². The number of nitrogens with one attached hydrogen (secondary N) is 1. The van der Waals surface area contributed by atoms with Crippen molar-refractivity contribution in [3.63, 3.8) is 0 Å². The van der Waals surface area contributed by atoms with Crippen LogP contribution in [0.5, 0.6) is 5.75 Å². The first-order valence-electron chi connectivity index (χ1n) is 8.19. The van der Waals surface area contributed by atoms with E-state index in [2.05, 4.69) is 25.4 Å². The van der Waals surface area contributed by atoms with Crippen LogP contribution in [-0.4, -0.2) is 46.3 Å². The Labute approximate surface area is 158 Å². The largest absolute Gasteiger partial charge is 0.434 e. The normalized spacial score (nSPS) is 11.2. The molecule has 28 heavy (non-hydrogen) atoms. The smallest absolute Gasteiger partial charge is 0.387 e. The predicted molar refractivity (Wildman–Crippen MR) is 92.6 cm³/mol. The molecule has 0 radical (unpaired) electrons. The molecule has 0 saturated carbocycles. The number of halogens is 2. The van der Waals surface area contributed by atoms with Gasteiger partial charge in [0.05, 0.1) is 18.7 Å². The summed E-state index contributed by atoms with van der Waals surface area (Å²) in [6.07, 6.45) is 0. The third-order valence-electron chi connectivity index (χ3n) is 3.53. The number of aromatic nitrogens is 3. The number of carbonyl (C=O) groups is 1. The summed E-state index contributed by atoms with van der Waals surface area (Å²) in [7, 11) is 1.69. The van der Waals surface area contributed by atoms with Crippen LogP contribution in [0, 0.1) is 6.92 Å². The van der Waals surface area contributed by atoms with Gasteiger partial charge in [0.15, 0.2) is 5.82 Å². The van der Waals surface area contributed by atoms with Gasteiger partial charge in [0.1, 0.15) is 11.5 Å². The van der Waals surface area contributed by atoms with E-state index in [1.165, 1.54) is 6.07 Å². The molecule has 0 aliphatic carbocycles. The van der Waals surface area contributed by atoms with Gasteiger partial charge in [-0.15, -0.1) is 0 Å². The summed E-state index contributed by atoms with van der Waals surface area (Å²) in [6.45, 7) is -1.04. The number of hydrogen-bond donors (Lipinski definition) is 1. The van der Waals surface area contributed by atoms with Gasteiger partial charge in [-0.2, -0.15) is 13.8 Å². The SMILES string of the molecule is Cc1cc(NC(=O)CN(C)Cc2nc(-c3ccccc3OC(F)F)no2)no1. The van der Waals surface area contributed by atoms with Crippen LogP contribution in [0.25, 0.3) is 11.4 Å². The summed E-state index contributed by atoms with van der Waals surface area (Å²) in [4.78, 5) is 17.8.